The van der Waals surface area contributed by atoms with Gasteiger partial charge in [0, 0.05) is 12.1 Å². The highest BCUT2D eigenvalue weighted by molar-refractivity contribution is 5.94. The van der Waals surface area contributed by atoms with E-state index in [2.05, 4.69) is 10.1 Å². The van der Waals surface area contributed by atoms with Crippen LogP contribution in [-0.4, -0.2) is 30.1 Å². The molecule has 2 N–H and O–H groups in total. The molecule has 1 unspecified atom stereocenters. The highest BCUT2D eigenvalue weighted by Crippen LogP contribution is 2.15. The van der Waals surface area contributed by atoms with Crippen LogP contribution in [0.1, 0.15) is 30.6 Å². The number of ether oxygens (including phenoxy) is 1. The first kappa shape index (κ1) is 17.9. The maximum atomic E-state index is 12.0. The van der Waals surface area contributed by atoms with Gasteiger partial charge in [-0.05, 0) is 36.6 Å². The van der Waals surface area contributed by atoms with E-state index in [1.54, 1.807) is 0 Å². The largest absolute Gasteiger partial charge is 0.481 e. The van der Waals surface area contributed by atoms with Crippen molar-refractivity contribution in [2.75, 3.05) is 6.54 Å². The molecule has 0 heterocycles. The van der Waals surface area contributed by atoms with Crippen molar-refractivity contribution in [1.29, 1.82) is 0 Å². The van der Waals surface area contributed by atoms with Crippen molar-refractivity contribution in [2.45, 2.75) is 26.9 Å². The summed E-state index contributed by atoms with van der Waals surface area (Å²) in [5.74, 6) is -1.93. The van der Waals surface area contributed by atoms with Gasteiger partial charge in [-0.2, -0.15) is 8.78 Å². The molecular weight excluding hydrogens is 296 g/mol. The number of nitrogens with one attached hydrogen (secondary N) is 1. The number of halogens is 2. The second-order valence-electron chi connectivity index (χ2n) is 5.28. The SMILES string of the molecule is CC(C)CC(CNC(=O)c1ccc(OC(F)F)cc1)C(=O)O. The van der Waals surface area contributed by atoms with Crippen LogP contribution in [0.4, 0.5) is 8.78 Å². The monoisotopic (exact) mass is 315 g/mol. The van der Waals surface area contributed by atoms with Crippen molar-refractivity contribution in [2.24, 2.45) is 11.8 Å². The molecular formula is C15H19F2NO4. The molecule has 1 amide bonds. The van der Waals surface area contributed by atoms with Gasteiger partial charge >= 0.3 is 12.6 Å². The molecule has 0 aliphatic heterocycles. The van der Waals surface area contributed by atoms with Crippen LogP contribution in [0.2, 0.25) is 0 Å². The zero-order chi connectivity index (χ0) is 16.7. The lowest BCUT2D eigenvalue weighted by atomic mass is 9.97. The quantitative estimate of drug-likeness (QED) is 0.773. The molecule has 5 nitrogen and oxygen atoms in total. The molecule has 0 aliphatic carbocycles. The first-order valence-corrected chi connectivity index (χ1v) is 6.85. The molecule has 1 aromatic carbocycles. The second-order valence-corrected chi connectivity index (χ2v) is 5.28. The number of aliphatic carboxylic acids is 1. The van der Waals surface area contributed by atoms with Crippen LogP contribution in [0, 0.1) is 11.8 Å². The van der Waals surface area contributed by atoms with Gasteiger partial charge < -0.3 is 15.2 Å². The Hall–Kier alpha value is -2.18. The van der Waals surface area contributed by atoms with Crippen molar-refractivity contribution >= 4 is 11.9 Å². The molecule has 1 aromatic rings. The summed E-state index contributed by atoms with van der Waals surface area (Å²) in [4.78, 5) is 23.0. The molecule has 122 valence electrons. The van der Waals surface area contributed by atoms with E-state index < -0.39 is 24.4 Å². The summed E-state index contributed by atoms with van der Waals surface area (Å²) in [6.45, 7) is 0.896. The lowest BCUT2D eigenvalue weighted by Crippen LogP contribution is -2.33. The summed E-state index contributed by atoms with van der Waals surface area (Å²) in [6.07, 6.45) is 0.455. The average Bonchev–Trinajstić information content (AvgIpc) is 2.42. The van der Waals surface area contributed by atoms with Crippen molar-refractivity contribution in [3.8, 4) is 5.75 Å². The third-order valence-electron chi connectivity index (χ3n) is 2.96. The van der Waals surface area contributed by atoms with Gasteiger partial charge in [-0.1, -0.05) is 13.8 Å². The van der Waals surface area contributed by atoms with Gasteiger partial charge in [-0.15, -0.1) is 0 Å². The Kier molecular flexibility index (Phi) is 6.75. The van der Waals surface area contributed by atoms with Crippen molar-refractivity contribution in [1.82, 2.24) is 5.32 Å². The summed E-state index contributed by atoms with van der Waals surface area (Å²) in [7, 11) is 0. The van der Waals surface area contributed by atoms with E-state index >= 15 is 0 Å². The smallest absolute Gasteiger partial charge is 0.387 e. The van der Waals surface area contributed by atoms with E-state index in [0.717, 1.165) is 0 Å². The van der Waals surface area contributed by atoms with E-state index in [0.29, 0.717) is 6.42 Å². The molecule has 0 radical (unpaired) electrons. The first-order chi connectivity index (χ1) is 10.3. The Labute approximate surface area is 127 Å². The highest BCUT2D eigenvalue weighted by Gasteiger charge is 2.20. The summed E-state index contributed by atoms with van der Waals surface area (Å²) in [5.41, 5.74) is 0.246. The summed E-state index contributed by atoms with van der Waals surface area (Å²) >= 11 is 0. The predicted octanol–water partition coefficient (Wildman–Crippen LogP) is 2.76. The number of carbonyl (C=O) groups excluding carboxylic acids is 1. The molecule has 0 bridgehead atoms. The summed E-state index contributed by atoms with van der Waals surface area (Å²) < 4.78 is 28.2. The average molecular weight is 315 g/mol. The Morgan fingerprint density at radius 2 is 1.82 bits per heavy atom. The Morgan fingerprint density at radius 1 is 1.23 bits per heavy atom. The molecule has 0 aliphatic rings. The van der Waals surface area contributed by atoms with Crippen molar-refractivity contribution in [3.05, 3.63) is 29.8 Å². The third-order valence-corrected chi connectivity index (χ3v) is 2.96. The molecule has 1 rings (SSSR count). The standard InChI is InChI=1S/C15H19F2NO4/c1-9(2)7-11(14(20)21)8-18-13(19)10-3-5-12(6-4-10)22-15(16)17/h3-6,9,11,15H,7-8H2,1-2H3,(H,18,19)(H,20,21). The van der Waals surface area contributed by atoms with Gasteiger partial charge in [0.2, 0.25) is 0 Å². The molecule has 0 saturated carbocycles. The minimum absolute atomic E-state index is 0.0155. The van der Waals surface area contributed by atoms with Crippen LogP contribution in [0.5, 0.6) is 5.75 Å². The van der Waals surface area contributed by atoms with Crippen molar-refractivity contribution < 1.29 is 28.2 Å². The van der Waals surface area contributed by atoms with E-state index in [9.17, 15) is 18.4 Å². The number of amides is 1. The molecule has 0 saturated heterocycles. The Balaban J connectivity index is 2.58. The van der Waals surface area contributed by atoms with Gasteiger partial charge in [0.1, 0.15) is 5.75 Å². The number of carboxylic acids is 1. The molecule has 1 atom stereocenters. The normalized spacial score (nSPS) is 12.3. The fraction of sp³-hybridized carbons (Fsp3) is 0.467. The number of hydrogen-bond donors (Lipinski definition) is 2. The van der Waals surface area contributed by atoms with Gasteiger partial charge in [0.15, 0.2) is 0 Å². The van der Waals surface area contributed by atoms with Crippen LogP contribution in [0.15, 0.2) is 24.3 Å². The fourth-order valence-electron chi connectivity index (χ4n) is 1.95. The molecule has 7 heteroatoms. The predicted molar refractivity (Wildman–Crippen MR) is 76.0 cm³/mol. The van der Waals surface area contributed by atoms with Crippen LogP contribution in [0.25, 0.3) is 0 Å². The lowest BCUT2D eigenvalue weighted by molar-refractivity contribution is -0.142. The summed E-state index contributed by atoms with van der Waals surface area (Å²) in [5, 5.41) is 11.6. The number of carboxylic acid groups (broad SMARTS) is 1. The highest BCUT2D eigenvalue weighted by atomic mass is 19.3. The molecule has 22 heavy (non-hydrogen) atoms. The van der Waals surface area contributed by atoms with Crippen LogP contribution in [-0.2, 0) is 4.79 Å². The number of hydrogen-bond acceptors (Lipinski definition) is 3. The van der Waals surface area contributed by atoms with Crippen LogP contribution < -0.4 is 10.1 Å². The van der Waals surface area contributed by atoms with Gasteiger partial charge in [-0.3, -0.25) is 9.59 Å². The zero-order valence-electron chi connectivity index (χ0n) is 12.4. The molecule has 0 spiro atoms. The number of rotatable bonds is 8. The minimum Gasteiger partial charge on any atom is -0.481 e. The molecule has 0 fully saturated rings. The van der Waals surface area contributed by atoms with Crippen LogP contribution >= 0.6 is 0 Å². The maximum Gasteiger partial charge on any atom is 0.387 e. The van der Waals surface area contributed by atoms with E-state index in [4.69, 9.17) is 5.11 Å². The number of alkyl halides is 2. The fourth-order valence-corrected chi connectivity index (χ4v) is 1.95. The Morgan fingerprint density at radius 3 is 2.27 bits per heavy atom. The van der Waals surface area contributed by atoms with Gasteiger partial charge in [0.25, 0.3) is 5.91 Å². The van der Waals surface area contributed by atoms with Crippen molar-refractivity contribution in [3.63, 3.8) is 0 Å². The van der Waals surface area contributed by atoms with E-state index in [-0.39, 0.29) is 23.8 Å². The van der Waals surface area contributed by atoms with Crippen LogP contribution in [0.3, 0.4) is 0 Å². The maximum absolute atomic E-state index is 12.0. The molecule has 0 aromatic heterocycles. The van der Waals surface area contributed by atoms with E-state index in [1.807, 2.05) is 13.8 Å². The number of benzene rings is 1. The zero-order valence-corrected chi connectivity index (χ0v) is 12.4. The van der Waals surface area contributed by atoms with E-state index in [1.165, 1.54) is 24.3 Å². The lowest BCUT2D eigenvalue weighted by Gasteiger charge is -2.15. The number of carbonyl (C=O) groups is 2. The van der Waals surface area contributed by atoms with Gasteiger partial charge in [0.05, 0.1) is 5.92 Å². The topological polar surface area (TPSA) is 75.6 Å². The minimum atomic E-state index is -2.92. The third kappa shape index (κ3) is 6.07. The Bertz CT molecular complexity index is 503. The van der Waals surface area contributed by atoms with Gasteiger partial charge in [-0.25, -0.2) is 0 Å². The first-order valence-electron chi connectivity index (χ1n) is 6.85. The summed E-state index contributed by atoms with van der Waals surface area (Å²) in [6, 6.07) is 5.18. The second kappa shape index (κ2) is 8.31.